The molecule has 1 fully saturated rings. The molecule has 1 aliphatic rings. The fourth-order valence-corrected chi connectivity index (χ4v) is 4.57. The van der Waals surface area contributed by atoms with Crippen LogP contribution in [-0.2, 0) is 15.8 Å². The summed E-state index contributed by atoms with van der Waals surface area (Å²) in [6, 6.07) is 9.81. The number of anilines is 1. The molecule has 134 valence electrons. The third-order valence-corrected chi connectivity index (χ3v) is 6.32. The minimum absolute atomic E-state index is 0.0660. The van der Waals surface area contributed by atoms with Crippen molar-refractivity contribution in [3.8, 4) is 0 Å². The molecule has 0 unspecified atom stereocenters. The molecule has 1 aliphatic heterocycles. The standard InChI is InChI=1S/C18H24N4O2S/c1-14-3-5-16(6-4-14)12-25(23,24)22-9-7-17(8-10-22)21-18-11-15(2)19-13-20-18/h3-6,11,13,17H,7-10,12H2,1-2H3,(H,19,20,21). The molecule has 7 heteroatoms. The molecule has 2 heterocycles. The van der Waals surface area contributed by atoms with Gasteiger partial charge in [-0.2, -0.15) is 0 Å². The Morgan fingerprint density at radius 2 is 1.80 bits per heavy atom. The van der Waals surface area contributed by atoms with Crippen molar-refractivity contribution in [3.05, 3.63) is 53.5 Å². The Labute approximate surface area is 149 Å². The summed E-state index contributed by atoms with van der Waals surface area (Å²) in [5.74, 6) is 0.865. The highest BCUT2D eigenvalue weighted by Gasteiger charge is 2.28. The van der Waals surface area contributed by atoms with Gasteiger partial charge >= 0.3 is 0 Å². The highest BCUT2D eigenvalue weighted by Crippen LogP contribution is 2.20. The Balaban J connectivity index is 1.56. The zero-order chi connectivity index (χ0) is 17.9. The molecule has 1 saturated heterocycles. The van der Waals surface area contributed by atoms with Crippen molar-refractivity contribution >= 4 is 15.8 Å². The van der Waals surface area contributed by atoms with Gasteiger partial charge in [0.2, 0.25) is 10.0 Å². The molecular formula is C18H24N4O2S. The second kappa shape index (κ2) is 7.49. The largest absolute Gasteiger partial charge is 0.367 e. The minimum atomic E-state index is -3.27. The molecule has 25 heavy (non-hydrogen) atoms. The van der Waals surface area contributed by atoms with Gasteiger partial charge in [0.1, 0.15) is 12.1 Å². The van der Waals surface area contributed by atoms with Crippen molar-refractivity contribution < 1.29 is 8.42 Å². The zero-order valence-corrected chi connectivity index (χ0v) is 15.5. The van der Waals surface area contributed by atoms with Crippen LogP contribution < -0.4 is 5.32 Å². The number of aromatic nitrogens is 2. The second-order valence-electron chi connectivity index (χ2n) is 6.60. The molecule has 0 atom stereocenters. The van der Waals surface area contributed by atoms with Crippen molar-refractivity contribution in [2.24, 2.45) is 0 Å². The first-order chi connectivity index (χ1) is 11.9. The summed E-state index contributed by atoms with van der Waals surface area (Å²) in [5, 5.41) is 3.38. The van der Waals surface area contributed by atoms with Gasteiger partial charge in [0.25, 0.3) is 0 Å². The Morgan fingerprint density at radius 1 is 1.12 bits per heavy atom. The van der Waals surface area contributed by atoms with Crippen LogP contribution in [-0.4, -0.2) is 41.8 Å². The molecule has 0 radical (unpaired) electrons. The van der Waals surface area contributed by atoms with Gasteiger partial charge in [-0.25, -0.2) is 22.7 Å². The van der Waals surface area contributed by atoms with Crippen LogP contribution in [0.15, 0.2) is 36.7 Å². The molecule has 1 aromatic heterocycles. The fraction of sp³-hybridized carbons (Fsp3) is 0.444. The van der Waals surface area contributed by atoms with Crippen LogP contribution in [0.25, 0.3) is 0 Å². The highest BCUT2D eigenvalue weighted by atomic mass is 32.2. The predicted molar refractivity (Wildman–Crippen MR) is 98.8 cm³/mol. The van der Waals surface area contributed by atoms with E-state index in [9.17, 15) is 8.42 Å². The Hall–Kier alpha value is -1.99. The molecule has 1 aromatic carbocycles. The Kier molecular flexibility index (Phi) is 5.34. The summed E-state index contributed by atoms with van der Waals surface area (Å²) in [4.78, 5) is 8.29. The van der Waals surface area contributed by atoms with Crippen molar-refractivity contribution in [2.75, 3.05) is 18.4 Å². The Bertz CT molecular complexity index is 813. The highest BCUT2D eigenvalue weighted by molar-refractivity contribution is 7.88. The van der Waals surface area contributed by atoms with E-state index < -0.39 is 10.0 Å². The SMILES string of the molecule is Cc1ccc(CS(=O)(=O)N2CCC(Nc3cc(C)ncn3)CC2)cc1. The summed E-state index contributed by atoms with van der Waals surface area (Å²) in [7, 11) is -3.27. The monoisotopic (exact) mass is 360 g/mol. The summed E-state index contributed by atoms with van der Waals surface area (Å²) in [6.45, 7) is 4.99. The van der Waals surface area contributed by atoms with E-state index in [0.717, 1.165) is 35.5 Å². The summed E-state index contributed by atoms with van der Waals surface area (Å²) < 4.78 is 26.9. The number of nitrogens with zero attached hydrogens (tertiary/aromatic N) is 3. The molecule has 0 saturated carbocycles. The van der Waals surface area contributed by atoms with Crippen LogP contribution in [0, 0.1) is 13.8 Å². The van der Waals surface area contributed by atoms with Gasteiger partial charge in [0.15, 0.2) is 0 Å². The van der Waals surface area contributed by atoms with Crippen molar-refractivity contribution in [1.29, 1.82) is 0 Å². The summed E-state index contributed by atoms with van der Waals surface area (Å²) >= 11 is 0. The first-order valence-electron chi connectivity index (χ1n) is 8.51. The van der Waals surface area contributed by atoms with E-state index in [-0.39, 0.29) is 11.8 Å². The lowest BCUT2D eigenvalue weighted by atomic mass is 10.1. The van der Waals surface area contributed by atoms with Crippen LogP contribution in [0.1, 0.15) is 29.7 Å². The number of aryl methyl sites for hydroxylation is 2. The third kappa shape index (κ3) is 4.76. The van der Waals surface area contributed by atoms with Crippen LogP contribution in [0.3, 0.4) is 0 Å². The van der Waals surface area contributed by atoms with Gasteiger partial charge in [-0.15, -0.1) is 0 Å². The van der Waals surface area contributed by atoms with Gasteiger partial charge in [-0.05, 0) is 32.3 Å². The van der Waals surface area contributed by atoms with Gasteiger partial charge < -0.3 is 5.32 Å². The maximum atomic E-state index is 12.6. The van der Waals surface area contributed by atoms with E-state index in [0.29, 0.717) is 13.1 Å². The summed E-state index contributed by atoms with van der Waals surface area (Å²) in [5.41, 5.74) is 2.88. The van der Waals surface area contributed by atoms with Crippen LogP contribution >= 0.6 is 0 Å². The van der Waals surface area contributed by atoms with Gasteiger partial charge in [-0.3, -0.25) is 0 Å². The fourth-order valence-electron chi connectivity index (χ4n) is 3.01. The van der Waals surface area contributed by atoms with E-state index in [1.54, 1.807) is 10.6 Å². The number of rotatable bonds is 5. The lowest BCUT2D eigenvalue weighted by Crippen LogP contribution is -2.42. The molecule has 0 bridgehead atoms. The van der Waals surface area contributed by atoms with Gasteiger partial charge in [0, 0.05) is 30.9 Å². The first kappa shape index (κ1) is 17.8. The Morgan fingerprint density at radius 3 is 2.44 bits per heavy atom. The van der Waals surface area contributed by atoms with Gasteiger partial charge in [-0.1, -0.05) is 29.8 Å². The van der Waals surface area contributed by atoms with Crippen molar-refractivity contribution in [3.63, 3.8) is 0 Å². The van der Waals surface area contributed by atoms with Crippen LogP contribution in [0.5, 0.6) is 0 Å². The van der Waals surface area contributed by atoms with Gasteiger partial charge in [0.05, 0.1) is 5.75 Å². The molecule has 0 amide bonds. The maximum absolute atomic E-state index is 12.6. The van der Waals surface area contributed by atoms with E-state index in [1.807, 2.05) is 44.2 Å². The molecular weight excluding hydrogens is 336 g/mol. The number of benzene rings is 1. The lowest BCUT2D eigenvalue weighted by molar-refractivity contribution is 0.329. The smallest absolute Gasteiger partial charge is 0.218 e. The van der Waals surface area contributed by atoms with E-state index in [2.05, 4.69) is 15.3 Å². The van der Waals surface area contributed by atoms with E-state index in [4.69, 9.17) is 0 Å². The average Bonchev–Trinajstić information content (AvgIpc) is 2.57. The quantitative estimate of drug-likeness (QED) is 0.887. The summed E-state index contributed by atoms with van der Waals surface area (Å²) in [6.07, 6.45) is 3.09. The minimum Gasteiger partial charge on any atom is -0.367 e. The van der Waals surface area contributed by atoms with E-state index >= 15 is 0 Å². The van der Waals surface area contributed by atoms with Crippen molar-refractivity contribution in [1.82, 2.24) is 14.3 Å². The van der Waals surface area contributed by atoms with Crippen LogP contribution in [0.4, 0.5) is 5.82 Å². The number of hydrogen-bond donors (Lipinski definition) is 1. The van der Waals surface area contributed by atoms with Crippen molar-refractivity contribution in [2.45, 2.75) is 38.5 Å². The average molecular weight is 360 g/mol. The molecule has 3 rings (SSSR count). The molecule has 1 N–H and O–H groups in total. The topological polar surface area (TPSA) is 75.2 Å². The number of piperidine rings is 1. The zero-order valence-electron chi connectivity index (χ0n) is 14.6. The predicted octanol–water partition coefficient (Wildman–Crippen LogP) is 2.50. The third-order valence-electron chi connectivity index (χ3n) is 4.47. The lowest BCUT2D eigenvalue weighted by Gasteiger charge is -2.32. The second-order valence-corrected chi connectivity index (χ2v) is 8.57. The molecule has 0 spiro atoms. The number of nitrogens with one attached hydrogen (secondary N) is 1. The maximum Gasteiger partial charge on any atom is 0.218 e. The molecule has 6 nitrogen and oxygen atoms in total. The normalized spacial score (nSPS) is 16.7. The number of sulfonamides is 1. The van der Waals surface area contributed by atoms with E-state index in [1.165, 1.54) is 0 Å². The van der Waals surface area contributed by atoms with Crippen LogP contribution in [0.2, 0.25) is 0 Å². The number of hydrogen-bond acceptors (Lipinski definition) is 5. The molecule has 0 aliphatic carbocycles. The molecule has 2 aromatic rings. The first-order valence-corrected chi connectivity index (χ1v) is 10.1.